The predicted octanol–water partition coefficient (Wildman–Crippen LogP) is 6.25. The van der Waals surface area contributed by atoms with Crippen molar-refractivity contribution >= 4 is 24.2 Å². The molecule has 4 rings (SSSR count). The van der Waals surface area contributed by atoms with Crippen LogP contribution in [0.1, 0.15) is 28.2 Å². The summed E-state index contributed by atoms with van der Waals surface area (Å²) in [6.07, 6.45) is 1.89. The highest BCUT2D eigenvalue weighted by molar-refractivity contribution is 7.73. The van der Waals surface area contributed by atoms with Crippen LogP contribution >= 0.6 is 7.92 Å². The summed E-state index contributed by atoms with van der Waals surface area (Å²) in [5.41, 5.74) is 6.10. The van der Waals surface area contributed by atoms with Gasteiger partial charge in [0.2, 0.25) is 0 Å². The van der Waals surface area contributed by atoms with Crippen molar-refractivity contribution < 1.29 is 0 Å². The normalized spacial score (nSPS) is 12.0. The molecular formula is C27H27N2P. The van der Waals surface area contributed by atoms with Gasteiger partial charge in [0.25, 0.3) is 0 Å². The molecule has 1 unspecified atom stereocenters. The van der Waals surface area contributed by atoms with Crippen LogP contribution in [-0.4, -0.2) is 4.98 Å². The number of benzene rings is 3. The summed E-state index contributed by atoms with van der Waals surface area (Å²) < 4.78 is 0. The van der Waals surface area contributed by atoms with E-state index in [9.17, 15) is 0 Å². The van der Waals surface area contributed by atoms with E-state index in [4.69, 9.17) is 4.98 Å². The summed E-state index contributed by atoms with van der Waals surface area (Å²) >= 11 is 0. The molecule has 150 valence electrons. The topological polar surface area (TPSA) is 24.9 Å². The highest BCUT2D eigenvalue weighted by atomic mass is 31.1. The Morgan fingerprint density at radius 3 is 1.73 bits per heavy atom. The molecule has 4 aromatic rings. The van der Waals surface area contributed by atoms with Crippen LogP contribution in [0.15, 0.2) is 97.2 Å². The Hall–Kier alpha value is -2.96. The number of rotatable bonds is 6. The zero-order valence-electron chi connectivity index (χ0n) is 17.7. The fourth-order valence-electron chi connectivity index (χ4n) is 3.98. The first-order chi connectivity index (χ1) is 14.6. The standard InChI is InChI=1S/C27H27N2P/c1-20-18-21(2)26(22(3)19-20)29-27(25-16-10-11-17-28-25)30(23-12-6-4-7-13-23)24-14-8-5-9-15-24/h4-19,27,29H,1-3H3. The van der Waals surface area contributed by atoms with Gasteiger partial charge in [-0.05, 0) is 62.6 Å². The summed E-state index contributed by atoms with van der Waals surface area (Å²) in [5, 5.41) is 6.60. The molecule has 0 aliphatic rings. The molecule has 0 radical (unpaired) electrons. The molecule has 30 heavy (non-hydrogen) atoms. The largest absolute Gasteiger partial charge is 0.372 e. The lowest BCUT2D eigenvalue weighted by Crippen LogP contribution is -2.23. The predicted molar refractivity (Wildman–Crippen MR) is 130 cm³/mol. The number of pyridine rings is 1. The van der Waals surface area contributed by atoms with E-state index in [0.29, 0.717) is 0 Å². The van der Waals surface area contributed by atoms with Gasteiger partial charge in [-0.15, -0.1) is 0 Å². The fraction of sp³-hybridized carbons (Fsp3) is 0.148. The van der Waals surface area contributed by atoms with Crippen molar-refractivity contribution in [2.45, 2.75) is 26.6 Å². The highest BCUT2D eigenvalue weighted by Crippen LogP contribution is 2.49. The molecule has 3 aromatic carbocycles. The molecule has 0 aliphatic carbocycles. The number of aromatic nitrogens is 1. The van der Waals surface area contributed by atoms with Crippen molar-refractivity contribution in [2.24, 2.45) is 0 Å². The lowest BCUT2D eigenvalue weighted by atomic mass is 10.1. The van der Waals surface area contributed by atoms with E-state index >= 15 is 0 Å². The van der Waals surface area contributed by atoms with Gasteiger partial charge in [-0.2, -0.15) is 0 Å². The molecule has 3 heteroatoms. The lowest BCUT2D eigenvalue weighted by Gasteiger charge is -2.31. The van der Waals surface area contributed by atoms with Crippen LogP contribution in [0.2, 0.25) is 0 Å². The molecule has 2 nitrogen and oxygen atoms in total. The maximum Gasteiger partial charge on any atom is 0.0964 e. The second-order valence-electron chi connectivity index (χ2n) is 7.62. The zero-order chi connectivity index (χ0) is 20.9. The van der Waals surface area contributed by atoms with Gasteiger partial charge in [0, 0.05) is 11.9 Å². The molecule has 1 N–H and O–H groups in total. The number of anilines is 1. The lowest BCUT2D eigenvalue weighted by molar-refractivity contribution is 1.00. The molecule has 0 bridgehead atoms. The molecule has 0 spiro atoms. The van der Waals surface area contributed by atoms with E-state index in [2.05, 4.69) is 111 Å². The summed E-state index contributed by atoms with van der Waals surface area (Å²) in [4.78, 5) is 4.78. The van der Waals surface area contributed by atoms with E-state index in [1.54, 1.807) is 0 Å². The maximum atomic E-state index is 4.78. The third-order valence-corrected chi connectivity index (χ3v) is 7.87. The summed E-state index contributed by atoms with van der Waals surface area (Å²) in [6, 6.07) is 32.3. The Morgan fingerprint density at radius 1 is 0.700 bits per heavy atom. The molecular weight excluding hydrogens is 383 g/mol. The van der Waals surface area contributed by atoms with Crippen molar-refractivity contribution in [2.75, 3.05) is 5.32 Å². The van der Waals surface area contributed by atoms with Crippen LogP contribution in [0.3, 0.4) is 0 Å². The van der Waals surface area contributed by atoms with Gasteiger partial charge in [0.15, 0.2) is 0 Å². The van der Waals surface area contributed by atoms with Crippen molar-refractivity contribution in [3.05, 3.63) is 120 Å². The molecule has 0 amide bonds. The molecule has 0 saturated heterocycles. The minimum Gasteiger partial charge on any atom is -0.372 e. The van der Waals surface area contributed by atoms with Crippen LogP contribution in [-0.2, 0) is 0 Å². The first-order valence-corrected chi connectivity index (χ1v) is 11.7. The number of aryl methyl sites for hydroxylation is 3. The Morgan fingerprint density at radius 2 is 1.23 bits per heavy atom. The number of nitrogens with one attached hydrogen (secondary N) is 1. The molecule has 1 atom stereocenters. The Bertz CT molecular complexity index is 1030. The first-order valence-electron chi connectivity index (χ1n) is 10.3. The van der Waals surface area contributed by atoms with Crippen LogP contribution < -0.4 is 15.9 Å². The smallest absolute Gasteiger partial charge is 0.0964 e. The maximum absolute atomic E-state index is 4.78. The monoisotopic (exact) mass is 410 g/mol. The summed E-state index contributed by atoms with van der Waals surface area (Å²) in [6.45, 7) is 6.52. The molecule has 0 saturated carbocycles. The van der Waals surface area contributed by atoms with Crippen LogP contribution in [0, 0.1) is 20.8 Å². The Labute approximate surface area is 180 Å². The summed E-state index contributed by atoms with van der Waals surface area (Å²) in [5.74, 6) is 0.0612. The number of hydrogen-bond acceptors (Lipinski definition) is 2. The van der Waals surface area contributed by atoms with E-state index in [1.807, 2.05) is 12.3 Å². The van der Waals surface area contributed by atoms with Gasteiger partial charge < -0.3 is 5.32 Å². The van der Waals surface area contributed by atoms with E-state index in [0.717, 1.165) is 5.69 Å². The van der Waals surface area contributed by atoms with Gasteiger partial charge in [-0.3, -0.25) is 4.98 Å². The van der Waals surface area contributed by atoms with Crippen molar-refractivity contribution in [1.82, 2.24) is 4.98 Å². The highest BCUT2D eigenvalue weighted by Gasteiger charge is 2.28. The third kappa shape index (κ3) is 4.45. The zero-order valence-corrected chi connectivity index (χ0v) is 18.6. The van der Waals surface area contributed by atoms with Gasteiger partial charge in [0.1, 0.15) is 0 Å². The van der Waals surface area contributed by atoms with Crippen LogP contribution in [0.25, 0.3) is 0 Å². The van der Waals surface area contributed by atoms with E-state index in [1.165, 1.54) is 33.0 Å². The minimum absolute atomic E-state index is 0.0612. The SMILES string of the molecule is Cc1cc(C)c(NC(c2ccccn2)P(c2ccccc2)c2ccccc2)c(C)c1. The third-order valence-electron chi connectivity index (χ3n) is 5.25. The quantitative estimate of drug-likeness (QED) is 0.380. The number of hydrogen-bond donors (Lipinski definition) is 1. The minimum atomic E-state index is -0.720. The summed E-state index contributed by atoms with van der Waals surface area (Å²) in [7, 11) is -0.720. The molecule has 1 aromatic heterocycles. The Balaban J connectivity index is 1.88. The second kappa shape index (κ2) is 9.24. The average Bonchev–Trinajstić information content (AvgIpc) is 2.77. The van der Waals surface area contributed by atoms with Crippen LogP contribution in [0.5, 0.6) is 0 Å². The van der Waals surface area contributed by atoms with Crippen LogP contribution in [0.4, 0.5) is 5.69 Å². The first kappa shape index (κ1) is 20.3. The van der Waals surface area contributed by atoms with Gasteiger partial charge in [-0.1, -0.05) is 84.4 Å². The molecule has 0 fully saturated rings. The van der Waals surface area contributed by atoms with Crippen molar-refractivity contribution in [3.63, 3.8) is 0 Å². The Kier molecular flexibility index (Phi) is 6.26. The van der Waals surface area contributed by atoms with E-state index in [-0.39, 0.29) is 5.78 Å². The molecule has 0 aliphatic heterocycles. The van der Waals surface area contributed by atoms with E-state index < -0.39 is 7.92 Å². The fourth-order valence-corrected chi connectivity index (χ4v) is 6.53. The second-order valence-corrected chi connectivity index (χ2v) is 9.91. The number of nitrogens with zero attached hydrogens (tertiary/aromatic N) is 1. The average molecular weight is 411 g/mol. The van der Waals surface area contributed by atoms with Crippen molar-refractivity contribution in [1.29, 1.82) is 0 Å². The van der Waals surface area contributed by atoms with Gasteiger partial charge >= 0.3 is 0 Å². The van der Waals surface area contributed by atoms with Gasteiger partial charge in [-0.25, -0.2) is 0 Å². The van der Waals surface area contributed by atoms with Crippen molar-refractivity contribution in [3.8, 4) is 0 Å². The molecule has 1 heterocycles. The van der Waals surface area contributed by atoms with Gasteiger partial charge in [0.05, 0.1) is 11.5 Å².